The summed E-state index contributed by atoms with van der Waals surface area (Å²) in [7, 11) is 0. The Hall–Kier alpha value is -1.97. The van der Waals surface area contributed by atoms with Crippen LogP contribution < -0.4 is 5.56 Å². The molecule has 4 aromatic heterocycles. The van der Waals surface area contributed by atoms with Crippen molar-refractivity contribution in [3.05, 3.63) is 45.0 Å². The van der Waals surface area contributed by atoms with E-state index in [9.17, 15) is 4.79 Å². The molecule has 146 valence electrons. The standard InChI is InChI=1S/C19H20N4O2S3/c1-10(2)8-23-18(24)15-13(14-6-5-7-26-14)9-27-17(15)21-19(23)28-11(3)16-20-12(4)22-25-16/h5-7,9-11H,8H2,1-4H3. The molecule has 0 N–H and O–H groups in total. The topological polar surface area (TPSA) is 73.8 Å². The summed E-state index contributed by atoms with van der Waals surface area (Å²) in [5, 5.41) is 9.22. The van der Waals surface area contributed by atoms with Crippen molar-refractivity contribution in [1.82, 2.24) is 19.7 Å². The number of nitrogens with zero attached hydrogens (tertiary/aromatic N) is 4. The van der Waals surface area contributed by atoms with Crippen molar-refractivity contribution in [3.63, 3.8) is 0 Å². The highest BCUT2D eigenvalue weighted by Gasteiger charge is 2.22. The second-order valence-electron chi connectivity index (χ2n) is 6.95. The van der Waals surface area contributed by atoms with Crippen LogP contribution in [-0.4, -0.2) is 19.7 Å². The van der Waals surface area contributed by atoms with Gasteiger partial charge in [-0.25, -0.2) is 4.98 Å². The van der Waals surface area contributed by atoms with Crippen molar-refractivity contribution in [3.8, 4) is 10.4 Å². The molecule has 0 bridgehead atoms. The van der Waals surface area contributed by atoms with Gasteiger partial charge in [-0.1, -0.05) is 36.8 Å². The minimum Gasteiger partial charge on any atom is -0.338 e. The summed E-state index contributed by atoms with van der Waals surface area (Å²) < 4.78 is 7.09. The van der Waals surface area contributed by atoms with E-state index >= 15 is 0 Å². The van der Waals surface area contributed by atoms with Gasteiger partial charge < -0.3 is 4.52 Å². The Balaban J connectivity index is 1.82. The number of rotatable bonds is 6. The van der Waals surface area contributed by atoms with E-state index in [1.165, 1.54) is 23.1 Å². The van der Waals surface area contributed by atoms with Gasteiger partial charge >= 0.3 is 0 Å². The molecule has 1 unspecified atom stereocenters. The van der Waals surface area contributed by atoms with Crippen LogP contribution in [0, 0.1) is 12.8 Å². The van der Waals surface area contributed by atoms with Gasteiger partial charge in [0, 0.05) is 22.4 Å². The van der Waals surface area contributed by atoms with Gasteiger partial charge in [0.25, 0.3) is 5.56 Å². The molecule has 0 aromatic carbocycles. The van der Waals surface area contributed by atoms with Crippen LogP contribution in [-0.2, 0) is 6.54 Å². The minimum absolute atomic E-state index is 0.0137. The predicted octanol–water partition coefficient (Wildman–Crippen LogP) is 5.39. The van der Waals surface area contributed by atoms with Crippen molar-refractivity contribution in [2.45, 2.75) is 44.6 Å². The molecule has 4 heterocycles. The van der Waals surface area contributed by atoms with Crippen molar-refractivity contribution < 1.29 is 4.52 Å². The lowest BCUT2D eigenvalue weighted by Gasteiger charge is -2.15. The predicted molar refractivity (Wildman–Crippen MR) is 115 cm³/mol. The maximum atomic E-state index is 13.5. The number of fused-ring (bicyclic) bond motifs is 1. The summed E-state index contributed by atoms with van der Waals surface area (Å²) >= 11 is 4.63. The third-order valence-electron chi connectivity index (χ3n) is 4.17. The van der Waals surface area contributed by atoms with Gasteiger partial charge in [0.15, 0.2) is 11.0 Å². The number of thiophene rings is 2. The summed E-state index contributed by atoms with van der Waals surface area (Å²) in [5.41, 5.74) is 0.988. The lowest BCUT2D eigenvalue weighted by Crippen LogP contribution is -2.25. The number of thioether (sulfide) groups is 1. The van der Waals surface area contributed by atoms with E-state index in [1.807, 2.05) is 29.8 Å². The average molecular weight is 433 g/mol. The number of aryl methyl sites for hydroxylation is 1. The smallest absolute Gasteiger partial charge is 0.263 e. The Morgan fingerprint density at radius 2 is 2.07 bits per heavy atom. The fourth-order valence-electron chi connectivity index (χ4n) is 2.92. The Morgan fingerprint density at radius 3 is 2.71 bits per heavy atom. The van der Waals surface area contributed by atoms with Crippen molar-refractivity contribution in [2.24, 2.45) is 5.92 Å². The van der Waals surface area contributed by atoms with Crippen LogP contribution in [0.25, 0.3) is 20.7 Å². The molecule has 0 spiro atoms. The second kappa shape index (κ2) is 7.81. The first-order valence-corrected chi connectivity index (χ1v) is 11.6. The monoisotopic (exact) mass is 432 g/mol. The van der Waals surface area contributed by atoms with Gasteiger partial charge in [-0.3, -0.25) is 9.36 Å². The van der Waals surface area contributed by atoms with Crippen molar-refractivity contribution in [1.29, 1.82) is 0 Å². The molecule has 0 aliphatic heterocycles. The third-order valence-corrected chi connectivity index (χ3v) is 7.02. The molecule has 9 heteroatoms. The van der Waals surface area contributed by atoms with Gasteiger partial charge in [-0.2, -0.15) is 4.98 Å². The molecule has 1 atom stereocenters. The molecular formula is C19H20N4O2S3. The summed E-state index contributed by atoms with van der Waals surface area (Å²) in [6.45, 7) is 8.59. The van der Waals surface area contributed by atoms with Crippen LogP contribution in [0.2, 0.25) is 0 Å². The quantitative estimate of drug-likeness (QED) is 0.300. The van der Waals surface area contributed by atoms with Gasteiger partial charge in [0.05, 0.1) is 10.6 Å². The minimum atomic E-state index is -0.0966. The largest absolute Gasteiger partial charge is 0.338 e. The van der Waals surface area contributed by atoms with Crippen LogP contribution in [0.3, 0.4) is 0 Å². The highest BCUT2D eigenvalue weighted by Crippen LogP contribution is 2.37. The number of aromatic nitrogens is 4. The highest BCUT2D eigenvalue weighted by atomic mass is 32.2. The van der Waals surface area contributed by atoms with Gasteiger partial charge in [-0.15, -0.1) is 22.7 Å². The van der Waals surface area contributed by atoms with Crippen LogP contribution in [0.1, 0.15) is 37.7 Å². The summed E-state index contributed by atoms with van der Waals surface area (Å²) in [6, 6.07) is 4.04. The maximum absolute atomic E-state index is 13.5. The Bertz CT molecular complexity index is 1160. The molecule has 0 fully saturated rings. The molecule has 6 nitrogen and oxygen atoms in total. The zero-order chi connectivity index (χ0) is 19.8. The Labute approximate surface area is 174 Å². The van der Waals surface area contributed by atoms with Gasteiger partial charge in [0.2, 0.25) is 5.89 Å². The highest BCUT2D eigenvalue weighted by molar-refractivity contribution is 7.99. The van der Waals surface area contributed by atoms with E-state index in [1.54, 1.807) is 22.8 Å². The third kappa shape index (κ3) is 3.66. The van der Waals surface area contributed by atoms with Crippen LogP contribution in [0.5, 0.6) is 0 Å². The second-order valence-corrected chi connectivity index (χ2v) is 10.1. The summed E-state index contributed by atoms with van der Waals surface area (Å²) in [6.07, 6.45) is 0. The SMILES string of the molecule is Cc1noc(C(C)Sc2nc3scc(-c4cccs4)c3c(=O)n2CC(C)C)n1. The van der Waals surface area contributed by atoms with E-state index in [4.69, 9.17) is 9.51 Å². The summed E-state index contributed by atoms with van der Waals surface area (Å²) in [4.78, 5) is 24.5. The van der Waals surface area contributed by atoms with E-state index < -0.39 is 0 Å². The molecule has 0 saturated heterocycles. The first-order chi connectivity index (χ1) is 13.4. The normalized spacial score (nSPS) is 12.9. The first-order valence-electron chi connectivity index (χ1n) is 8.96. The molecule has 0 saturated carbocycles. The average Bonchev–Trinajstić information content (AvgIpc) is 3.37. The molecule has 0 aliphatic carbocycles. The Kier molecular flexibility index (Phi) is 5.39. The Morgan fingerprint density at radius 1 is 1.25 bits per heavy atom. The van der Waals surface area contributed by atoms with E-state index in [0.717, 1.165) is 15.3 Å². The lowest BCUT2D eigenvalue weighted by atomic mass is 10.2. The first kappa shape index (κ1) is 19.4. The van der Waals surface area contributed by atoms with E-state index in [0.29, 0.717) is 34.7 Å². The zero-order valence-corrected chi connectivity index (χ0v) is 18.5. The fourth-order valence-corrected chi connectivity index (χ4v) is 5.67. The van der Waals surface area contributed by atoms with E-state index in [2.05, 4.69) is 24.0 Å². The number of hydrogen-bond donors (Lipinski definition) is 0. The van der Waals surface area contributed by atoms with Crippen molar-refractivity contribution >= 4 is 44.7 Å². The molecular weight excluding hydrogens is 412 g/mol. The molecule has 4 aromatic rings. The van der Waals surface area contributed by atoms with Crippen LogP contribution in [0.4, 0.5) is 0 Å². The van der Waals surface area contributed by atoms with Gasteiger partial charge in [0.1, 0.15) is 4.83 Å². The summed E-state index contributed by atoms with van der Waals surface area (Å²) in [5.74, 6) is 1.46. The molecule has 0 radical (unpaired) electrons. The molecule has 4 rings (SSSR count). The van der Waals surface area contributed by atoms with Crippen molar-refractivity contribution in [2.75, 3.05) is 0 Å². The van der Waals surface area contributed by atoms with Crippen LogP contribution in [0.15, 0.2) is 37.4 Å². The lowest BCUT2D eigenvalue weighted by molar-refractivity contribution is 0.376. The number of hydrogen-bond acceptors (Lipinski definition) is 8. The fraction of sp³-hybridized carbons (Fsp3) is 0.368. The maximum Gasteiger partial charge on any atom is 0.263 e. The molecule has 0 aliphatic rings. The molecule has 28 heavy (non-hydrogen) atoms. The molecule has 0 amide bonds. The van der Waals surface area contributed by atoms with Gasteiger partial charge in [-0.05, 0) is 31.2 Å². The van der Waals surface area contributed by atoms with E-state index in [-0.39, 0.29) is 10.8 Å². The zero-order valence-electron chi connectivity index (χ0n) is 16.0. The van der Waals surface area contributed by atoms with Crippen LogP contribution >= 0.6 is 34.4 Å².